The molecule has 4 rings (SSSR count). The minimum absolute atomic E-state index is 0.0681. The summed E-state index contributed by atoms with van der Waals surface area (Å²) in [6.07, 6.45) is 0. The maximum absolute atomic E-state index is 9.28. The van der Waals surface area contributed by atoms with Crippen LogP contribution in [-0.4, -0.2) is 18.9 Å². The number of methoxy groups -OCH3 is 1. The topological polar surface area (TPSA) is 98.8 Å². The number of fused-ring (bicyclic) bond motifs is 1. The van der Waals surface area contributed by atoms with E-state index in [0.29, 0.717) is 17.2 Å². The highest BCUT2D eigenvalue weighted by Gasteiger charge is 2.16. The normalized spacial score (nSPS) is 11.7. The summed E-state index contributed by atoms with van der Waals surface area (Å²) in [5, 5.41) is 12.3. The van der Waals surface area contributed by atoms with Crippen molar-refractivity contribution in [3.05, 3.63) is 54.0 Å². The second kappa shape index (κ2) is 7.17. The fraction of sp³-hybridized carbons (Fsp3) is 0.158. The molecule has 136 valence electrons. The van der Waals surface area contributed by atoms with Crippen molar-refractivity contribution >= 4 is 11.6 Å². The van der Waals surface area contributed by atoms with Crippen LogP contribution < -0.4 is 24.3 Å². The summed E-state index contributed by atoms with van der Waals surface area (Å²) in [4.78, 5) is 4.15. The van der Waals surface area contributed by atoms with Crippen LogP contribution in [0.2, 0.25) is 0 Å². The third-order valence-corrected chi connectivity index (χ3v) is 3.83. The van der Waals surface area contributed by atoms with Crippen molar-refractivity contribution < 1.29 is 23.4 Å². The second-order valence-electron chi connectivity index (χ2n) is 5.55. The van der Waals surface area contributed by atoms with Crippen molar-refractivity contribution in [3.63, 3.8) is 0 Å². The maximum atomic E-state index is 9.28. The van der Waals surface area contributed by atoms with Crippen LogP contribution in [0.25, 0.3) is 0 Å². The number of ether oxygens (including phenoxy) is 4. The number of hydrogen-bond acceptors (Lipinski definition) is 8. The maximum Gasteiger partial charge on any atom is 0.236 e. The Morgan fingerprint density at radius 2 is 1.89 bits per heavy atom. The van der Waals surface area contributed by atoms with E-state index in [4.69, 9.17) is 23.4 Å². The van der Waals surface area contributed by atoms with Crippen molar-refractivity contribution in [1.82, 2.24) is 4.98 Å². The Bertz CT molecular complexity index is 992. The van der Waals surface area contributed by atoms with Gasteiger partial charge in [-0.25, -0.2) is 0 Å². The summed E-state index contributed by atoms with van der Waals surface area (Å²) in [7, 11) is 1.60. The first-order valence-electron chi connectivity index (χ1n) is 8.08. The molecule has 1 aromatic heterocycles. The summed E-state index contributed by atoms with van der Waals surface area (Å²) in [6.45, 7) is 0.267. The zero-order valence-corrected chi connectivity index (χ0v) is 14.4. The molecule has 1 aliphatic heterocycles. The molecule has 3 aromatic rings. The molecule has 1 aliphatic rings. The molecule has 0 saturated heterocycles. The van der Waals surface area contributed by atoms with Crippen LogP contribution in [0.3, 0.4) is 0 Å². The highest BCUT2D eigenvalue weighted by molar-refractivity contribution is 5.60. The molecular weight excluding hydrogens is 350 g/mol. The van der Waals surface area contributed by atoms with Gasteiger partial charge in [-0.15, -0.1) is 0 Å². The highest BCUT2D eigenvalue weighted by atomic mass is 16.7. The molecule has 0 saturated carbocycles. The van der Waals surface area contributed by atoms with Crippen LogP contribution >= 0.6 is 0 Å². The first-order chi connectivity index (χ1) is 13.2. The summed E-state index contributed by atoms with van der Waals surface area (Å²) in [5.74, 6) is 3.15. The molecule has 0 aliphatic carbocycles. The number of nitrogens with one attached hydrogen (secondary N) is 1. The lowest BCUT2D eigenvalue weighted by Crippen LogP contribution is -1.95. The number of benzene rings is 2. The van der Waals surface area contributed by atoms with Gasteiger partial charge in [-0.05, 0) is 36.4 Å². The Morgan fingerprint density at radius 1 is 1.11 bits per heavy atom. The van der Waals surface area contributed by atoms with E-state index < -0.39 is 0 Å². The highest BCUT2D eigenvalue weighted by Crippen LogP contribution is 2.35. The zero-order valence-electron chi connectivity index (χ0n) is 14.4. The van der Waals surface area contributed by atoms with Crippen LogP contribution in [0, 0.1) is 11.3 Å². The number of nitriles is 1. The van der Waals surface area contributed by atoms with Gasteiger partial charge in [-0.1, -0.05) is 0 Å². The van der Waals surface area contributed by atoms with Gasteiger partial charge in [-0.3, -0.25) is 0 Å². The molecule has 0 radical (unpaired) electrons. The Labute approximate surface area is 154 Å². The standard InChI is InChI=1S/C19H15N3O5/c1-23-13-4-2-12(3-5-13)21-19-15(9-20)22-18(27-19)10-24-14-6-7-16-17(8-14)26-11-25-16/h2-8,21H,10-11H2,1H3. The number of aromatic nitrogens is 1. The van der Waals surface area contributed by atoms with Gasteiger partial charge in [-0.2, -0.15) is 10.2 Å². The molecule has 2 heterocycles. The van der Waals surface area contributed by atoms with Crippen molar-refractivity contribution in [2.45, 2.75) is 6.61 Å². The van der Waals surface area contributed by atoms with E-state index in [-0.39, 0.29) is 30.9 Å². The Morgan fingerprint density at radius 3 is 2.67 bits per heavy atom. The second-order valence-corrected chi connectivity index (χ2v) is 5.55. The zero-order chi connectivity index (χ0) is 18.6. The quantitative estimate of drug-likeness (QED) is 0.707. The molecule has 0 bridgehead atoms. The molecule has 8 heteroatoms. The first-order valence-corrected chi connectivity index (χ1v) is 8.08. The average Bonchev–Trinajstić information content (AvgIpc) is 3.33. The van der Waals surface area contributed by atoms with E-state index in [9.17, 15) is 5.26 Å². The molecule has 8 nitrogen and oxygen atoms in total. The van der Waals surface area contributed by atoms with E-state index in [1.54, 1.807) is 37.4 Å². The van der Waals surface area contributed by atoms with Crippen LogP contribution in [0.1, 0.15) is 11.6 Å². The van der Waals surface area contributed by atoms with E-state index >= 15 is 0 Å². The smallest absolute Gasteiger partial charge is 0.236 e. The Kier molecular flexibility index (Phi) is 4.41. The third kappa shape index (κ3) is 3.57. The average molecular weight is 365 g/mol. The SMILES string of the molecule is COc1ccc(Nc2oc(COc3ccc4c(c3)OCO4)nc2C#N)cc1. The summed E-state index contributed by atoms with van der Waals surface area (Å²) in [5.41, 5.74) is 0.891. The van der Waals surface area contributed by atoms with Gasteiger partial charge in [0.1, 0.15) is 17.6 Å². The number of rotatable bonds is 6. The first kappa shape index (κ1) is 16.6. The predicted octanol–water partition coefficient (Wildman–Crippen LogP) is 3.61. The molecule has 0 unspecified atom stereocenters. The summed E-state index contributed by atoms with van der Waals surface area (Å²) >= 11 is 0. The number of anilines is 2. The van der Waals surface area contributed by atoms with Crippen molar-refractivity contribution in [1.29, 1.82) is 5.26 Å². The third-order valence-electron chi connectivity index (χ3n) is 3.83. The van der Waals surface area contributed by atoms with Crippen molar-refractivity contribution in [2.75, 3.05) is 19.2 Å². The number of nitrogens with zero attached hydrogens (tertiary/aromatic N) is 2. The van der Waals surface area contributed by atoms with Crippen LogP contribution in [0.4, 0.5) is 11.6 Å². The van der Waals surface area contributed by atoms with Crippen LogP contribution in [0.15, 0.2) is 46.9 Å². The molecule has 27 heavy (non-hydrogen) atoms. The number of hydrogen-bond donors (Lipinski definition) is 1. The van der Waals surface area contributed by atoms with Gasteiger partial charge in [0.05, 0.1) is 7.11 Å². The molecule has 0 amide bonds. The van der Waals surface area contributed by atoms with E-state index in [1.165, 1.54) is 0 Å². The fourth-order valence-corrected chi connectivity index (χ4v) is 2.50. The molecule has 1 N–H and O–H groups in total. The summed E-state index contributed by atoms with van der Waals surface area (Å²) in [6, 6.07) is 14.5. The molecule has 0 fully saturated rings. The monoisotopic (exact) mass is 365 g/mol. The van der Waals surface area contributed by atoms with Crippen LogP contribution in [0.5, 0.6) is 23.0 Å². The van der Waals surface area contributed by atoms with Crippen LogP contribution in [-0.2, 0) is 6.61 Å². The largest absolute Gasteiger partial charge is 0.497 e. The lowest BCUT2D eigenvalue weighted by molar-refractivity contribution is 0.173. The van der Waals surface area contributed by atoms with Gasteiger partial charge in [0.2, 0.25) is 24.3 Å². The number of oxazole rings is 1. The van der Waals surface area contributed by atoms with E-state index in [0.717, 1.165) is 11.4 Å². The van der Waals surface area contributed by atoms with Gasteiger partial charge in [0.15, 0.2) is 18.1 Å². The molecule has 0 spiro atoms. The molecule has 0 atom stereocenters. The lowest BCUT2D eigenvalue weighted by atomic mass is 10.3. The van der Waals surface area contributed by atoms with Gasteiger partial charge >= 0.3 is 0 Å². The lowest BCUT2D eigenvalue weighted by Gasteiger charge is -2.05. The molecule has 2 aromatic carbocycles. The van der Waals surface area contributed by atoms with Gasteiger partial charge in [0, 0.05) is 11.8 Å². The minimum Gasteiger partial charge on any atom is -0.497 e. The van der Waals surface area contributed by atoms with Gasteiger partial charge < -0.3 is 28.7 Å². The predicted molar refractivity (Wildman–Crippen MR) is 94.4 cm³/mol. The van der Waals surface area contributed by atoms with E-state index in [2.05, 4.69) is 10.3 Å². The summed E-state index contributed by atoms with van der Waals surface area (Å²) < 4.78 is 27.0. The Hall–Kier alpha value is -3.86. The fourth-order valence-electron chi connectivity index (χ4n) is 2.50. The Balaban J connectivity index is 1.45. The molecular formula is C19H15N3O5. The van der Waals surface area contributed by atoms with Crippen molar-refractivity contribution in [3.8, 4) is 29.1 Å². The van der Waals surface area contributed by atoms with Gasteiger partial charge in [0.25, 0.3) is 0 Å². The van der Waals surface area contributed by atoms with Crippen molar-refractivity contribution in [2.24, 2.45) is 0 Å². The minimum atomic E-state index is 0.0681. The van der Waals surface area contributed by atoms with E-state index in [1.807, 2.05) is 18.2 Å².